The number of anilines is 1. The predicted molar refractivity (Wildman–Crippen MR) is 119 cm³/mol. The van der Waals surface area contributed by atoms with Crippen molar-refractivity contribution in [2.45, 2.75) is 38.1 Å². The van der Waals surface area contributed by atoms with Gasteiger partial charge in [-0.05, 0) is 50.1 Å². The summed E-state index contributed by atoms with van der Waals surface area (Å²) in [6.45, 7) is 5.44. The Morgan fingerprint density at radius 1 is 1.17 bits per heavy atom. The molecule has 3 aromatic rings. The summed E-state index contributed by atoms with van der Waals surface area (Å²) < 4.78 is 28.4. The molecule has 0 bridgehead atoms. The first-order valence-electron chi connectivity index (χ1n) is 8.83. The first-order valence-corrected chi connectivity index (χ1v) is 11.9. The second kappa shape index (κ2) is 8.57. The maximum absolute atomic E-state index is 12.8. The maximum Gasteiger partial charge on any atom is 0.259 e. The molecule has 1 aromatic heterocycles. The number of nitrogens with one attached hydrogen (secondary N) is 2. The molecule has 10 heteroatoms. The van der Waals surface area contributed by atoms with E-state index in [2.05, 4.69) is 21.9 Å². The molecule has 0 radical (unpaired) electrons. The molecule has 3 rings (SSSR count). The average molecular weight is 472 g/mol. The van der Waals surface area contributed by atoms with Gasteiger partial charge < -0.3 is 0 Å². The van der Waals surface area contributed by atoms with Crippen molar-refractivity contribution in [3.8, 4) is 0 Å². The largest absolute Gasteiger partial charge is 0.298 e. The summed E-state index contributed by atoms with van der Waals surface area (Å²) in [6.07, 6.45) is 0.900. The Morgan fingerprint density at radius 3 is 2.55 bits per heavy atom. The molecule has 0 atom stereocenters. The van der Waals surface area contributed by atoms with E-state index >= 15 is 0 Å². The Balaban J connectivity index is 1.94. The lowest BCUT2D eigenvalue weighted by Gasteiger charge is -2.13. The minimum atomic E-state index is -3.90. The number of thiazole rings is 1. The van der Waals surface area contributed by atoms with Gasteiger partial charge in [0.1, 0.15) is 4.90 Å². The van der Waals surface area contributed by atoms with Crippen LogP contribution in [0.25, 0.3) is 10.2 Å². The summed E-state index contributed by atoms with van der Waals surface area (Å²) in [5.74, 6) is -0.567. The summed E-state index contributed by atoms with van der Waals surface area (Å²) in [4.78, 5) is 16.9. The second-order valence-electron chi connectivity index (χ2n) is 6.67. The molecule has 0 unspecified atom stereocenters. The third-order valence-corrected chi connectivity index (χ3v) is 7.40. The topological polar surface area (TPSA) is 88.2 Å². The summed E-state index contributed by atoms with van der Waals surface area (Å²) in [5, 5.41) is 3.07. The molecule has 0 spiro atoms. The van der Waals surface area contributed by atoms with Crippen molar-refractivity contribution in [2.24, 2.45) is 0 Å². The van der Waals surface area contributed by atoms with Gasteiger partial charge in [0.15, 0.2) is 5.13 Å². The highest BCUT2D eigenvalue weighted by Crippen LogP contribution is 2.31. The normalized spacial score (nSPS) is 11.9. The number of fused-ring (bicyclic) bond motifs is 1. The van der Waals surface area contributed by atoms with Crippen molar-refractivity contribution < 1.29 is 13.2 Å². The number of carbonyl (C=O) groups excluding carboxylic acids is 1. The Morgan fingerprint density at radius 2 is 1.90 bits per heavy atom. The van der Waals surface area contributed by atoms with Crippen molar-refractivity contribution in [3.63, 3.8) is 0 Å². The smallest absolute Gasteiger partial charge is 0.259 e. The number of amides is 1. The van der Waals surface area contributed by atoms with Crippen LogP contribution in [-0.2, 0) is 16.4 Å². The number of carbonyl (C=O) groups is 1. The molecule has 29 heavy (non-hydrogen) atoms. The number of benzene rings is 2. The van der Waals surface area contributed by atoms with Gasteiger partial charge in [-0.15, -0.1) is 0 Å². The molecule has 0 saturated heterocycles. The molecule has 1 heterocycles. The highest BCUT2D eigenvalue weighted by atomic mass is 35.5. The van der Waals surface area contributed by atoms with Gasteiger partial charge in [-0.2, -0.15) is 0 Å². The molecule has 6 nitrogen and oxygen atoms in total. The second-order valence-corrected chi connectivity index (χ2v) is 10.2. The first kappa shape index (κ1) is 22.0. The highest BCUT2D eigenvalue weighted by Gasteiger charge is 2.23. The van der Waals surface area contributed by atoms with E-state index in [-0.39, 0.29) is 26.5 Å². The third kappa shape index (κ3) is 4.90. The SMILES string of the molecule is CCc1ccc2nc(NC(=O)c3cc(S(=O)(=O)NC(C)C)c(Cl)cc3Cl)sc2c1. The Bertz CT molecular complexity index is 1190. The molecule has 0 fully saturated rings. The fourth-order valence-corrected chi connectivity index (χ4v) is 5.72. The van der Waals surface area contributed by atoms with Crippen LogP contribution in [0.15, 0.2) is 35.2 Å². The van der Waals surface area contributed by atoms with Gasteiger partial charge in [0.25, 0.3) is 5.91 Å². The molecule has 0 aliphatic rings. The van der Waals surface area contributed by atoms with Crippen LogP contribution >= 0.6 is 34.5 Å². The molecule has 1 amide bonds. The van der Waals surface area contributed by atoms with Gasteiger partial charge in [-0.1, -0.05) is 47.5 Å². The van der Waals surface area contributed by atoms with E-state index in [1.54, 1.807) is 13.8 Å². The third-order valence-electron chi connectivity index (χ3n) is 4.03. The minimum absolute atomic E-state index is 0.00583. The van der Waals surface area contributed by atoms with Crippen LogP contribution < -0.4 is 10.0 Å². The summed E-state index contributed by atoms with van der Waals surface area (Å²) >= 11 is 13.6. The van der Waals surface area contributed by atoms with Crippen molar-refractivity contribution in [1.29, 1.82) is 0 Å². The average Bonchev–Trinajstić information content (AvgIpc) is 3.01. The van der Waals surface area contributed by atoms with E-state index in [9.17, 15) is 13.2 Å². The monoisotopic (exact) mass is 471 g/mol. The summed E-state index contributed by atoms with van der Waals surface area (Å²) in [5.41, 5.74) is 1.94. The van der Waals surface area contributed by atoms with Gasteiger partial charge in [0, 0.05) is 6.04 Å². The highest BCUT2D eigenvalue weighted by molar-refractivity contribution is 7.89. The van der Waals surface area contributed by atoms with Crippen molar-refractivity contribution in [1.82, 2.24) is 9.71 Å². The quantitative estimate of drug-likeness (QED) is 0.522. The van der Waals surface area contributed by atoms with Crippen LogP contribution in [0.4, 0.5) is 5.13 Å². The molecule has 154 valence electrons. The first-order chi connectivity index (χ1) is 13.6. The lowest BCUT2D eigenvalue weighted by Crippen LogP contribution is -2.30. The zero-order valence-electron chi connectivity index (χ0n) is 15.9. The Kier molecular flexibility index (Phi) is 6.50. The fraction of sp³-hybridized carbons (Fsp3) is 0.263. The zero-order chi connectivity index (χ0) is 21.3. The number of halogens is 2. The number of hydrogen-bond donors (Lipinski definition) is 2. The minimum Gasteiger partial charge on any atom is -0.298 e. The van der Waals surface area contributed by atoms with E-state index in [1.165, 1.54) is 29.0 Å². The number of sulfonamides is 1. The van der Waals surface area contributed by atoms with Crippen LogP contribution in [0.2, 0.25) is 10.0 Å². The van der Waals surface area contributed by atoms with Gasteiger partial charge in [0.2, 0.25) is 10.0 Å². The summed E-state index contributed by atoms with van der Waals surface area (Å²) in [7, 11) is -3.90. The fourth-order valence-electron chi connectivity index (χ4n) is 2.69. The van der Waals surface area contributed by atoms with E-state index < -0.39 is 15.9 Å². The molecule has 2 N–H and O–H groups in total. The van der Waals surface area contributed by atoms with Gasteiger partial charge in [-0.25, -0.2) is 18.1 Å². The lowest BCUT2D eigenvalue weighted by molar-refractivity contribution is 0.102. The molecular weight excluding hydrogens is 453 g/mol. The number of hydrogen-bond acceptors (Lipinski definition) is 5. The zero-order valence-corrected chi connectivity index (χ0v) is 19.1. The molecule has 0 aliphatic carbocycles. The van der Waals surface area contributed by atoms with Gasteiger partial charge in [-0.3, -0.25) is 10.1 Å². The van der Waals surface area contributed by atoms with Crippen LogP contribution in [0.1, 0.15) is 36.7 Å². The van der Waals surface area contributed by atoms with Gasteiger partial charge in [0.05, 0.1) is 25.8 Å². The standard InChI is InChI=1S/C19H19Cl2N3O3S2/c1-4-11-5-6-15-16(7-11)28-19(22-15)23-18(25)12-8-17(14(21)9-13(12)20)29(26,27)24-10(2)3/h5-10,24H,4H2,1-3H3,(H,22,23,25). The van der Waals surface area contributed by atoms with Crippen molar-refractivity contribution in [3.05, 3.63) is 51.5 Å². The van der Waals surface area contributed by atoms with Crippen LogP contribution in [-0.4, -0.2) is 25.4 Å². The van der Waals surface area contributed by atoms with E-state index in [4.69, 9.17) is 23.2 Å². The van der Waals surface area contributed by atoms with E-state index in [0.717, 1.165) is 16.6 Å². The van der Waals surface area contributed by atoms with Crippen LogP contribution in [0.5, 0.6) is 0 Å². The number of aromatic nitrogens is 1. The van der Waals surface area contributed by atoms with Crippen molar-refractivity contribution in [2.75, 3.05) is 5.32 Å². The van der Waals surface area contributed by atoms with E-state index in [0.29, 0.717) is 5.13 Å². The lowest BCUT2D eigenvalue weighted by atomic mass is 10.2. The van der Waals surface area contributed by atoms with E-state index in [1.807, 2.05) is 18.2 Å². The molecule has 0 aliphatic heterocycles. The Hall–Kier alpha value is -1.71. The molecule has 0 saturated carbocycles. The van der Waals surface area contributed by atoms with Gasteiger partial charge >= 0.3 is 0 Å². The molecular formula is C19H19Cl2N3O3S2. The Labute approximate surface area is 183 Å². The number of aryl methyl sites for hydroxylation is 1. The summed E-state index contributed by atoms with van der Waals surface area (Å²) in [6, 6.07) is 8.01. The van der Waals surface area contributed by atoms with Crippen LogP contribution in [0.3, 0.4) is 0 Å². The number of rotatable bonds is 6. The maximum atomic E-state index is 12.8. The molecule has 2 aromatic carbocycles. The van der Waals surface area contributed by atoms with Crippen molar-refractivity contribution >= 4 is 65.8 Å². The predicted octanol–water partition coefficient (Wildman–Crippen LogP) is 5.10. The number of nitrogens with zero attached hydrogens (tertiary/aromatic N) is 1. The van der Waals surface area contributed by atoms with Crippen LogP contribution in [0, 0.1) is 0 Å².